The quantitative estimate of drug-likeness (QED) is 0.396. The standard InChI is InChI=1S/C27H31N3O3S.ClH/c1-32-23-13-11-21(18-24(23)33-2)15-16-28-19-26(31)30-17-7-6-10-22-27(30)34-25(29-22)14-12-20-8-4-3-5-9-20;/h3-5,8-9,11-14,18,28H,6-7,10,15-17,19H2,1-2H3;1H. The minimum atomic E-state index is 0. The van der Waals surface area contributed by atoms with Crippen LogP contribution in [0.25, 0.3) is 12.2 Å². The zero-order chi connectivity index (χ0) is 23.8. The van der Waals surface area contributed by atoms with E-state index in [0.717, 1.165) is 64.8 Å². The topological polar surface area (TPSA) is 63.7 Å². The lowest BCUT2D eigenvalue weighted by molar-refractivity contribution is -0.117. The molecule has 1 N–H and O–H groups in total. The number of aromatic nitrogens is 1. The molecule has 1 aliphatic heterocycles. The third-order valence-corrected chi connectivity index (χ3v) is 6.90. The third kappa shape index (κ3) is 7.07. The van der Waals surface area contributed by atoms with Crippen molar-refractivity contribution in [3.05, 3.63) is 70.4 Å². The zero-order valence-electron chi connectivity index (χ0n) is 20.2. The van der Waals surface area contributed by atoms with Crippen LogP contribution >= 0.6 is 23.7 Å². The number of anilines is 1. The van der Waals surface area contributed by atoms with Crippen LogP contribution in [0.5, 0.6) is 11.5 Å². The van der Waals surface area contributed by atoms with E-state index in [-0.39, 0.29) is 18.3 Å². The van der Waals surface area contributed by atoms with Crippen LogP contribution in [0.1, 0.15) is 34.7 Å². The van der Waals surface area contributed by atoms with Crippen molar-refractivity contribution in [3.63, 3.8) is 0 Å². The normalized spacial score (nSPS) is 13.1. The molecule has 3 aromatic rings. The highest BCUT2D eigenvalue weighted by molar-refractivity contribution is 7.17. The van der Waals surface area contributed by atoms with Gasteiger partial charge in [-0.2, -0.15) is 0 Å². The molecule has 0 aliphatic carbocycles. The highest BCUT2D eigenvalue weighted by Gasteiger charge is 2.24. The van der Waals surface area contributed by atoms with Gasteiger partial charge in [-0.05, 0) is 61.6 Å². The van der Waals surface area contributed by atoms with E-state index in [1.807, 2.05) is 47.4 Å². The van der Waals surface area contributed by atoms with Gasteiger partial charge >= 0.3 is 0 Å². The maximum absolute atomic E-state index is 13.1. The number of carbonyl (C=O) groups is 1. The number of benzene rings is 2. The van der Waals surface area contributed by atoms with Crippen molar-refractivity contribution < 1.29 is 14.3 Å². The largest absolute Gasteiger partial charge is 0.493 e. The number of hydrogen-bond donors (Lipinski definition) is 1. The fourth-order valence-corrected chi connectivity index (χ4v) is 5.06. The number of carbonyl (C=O) groups excluding carboxylic acids is 1. The Morgan fingerprint density at radius 1 is 1.09 bits per heavy atom. The van der Waals surface area contributed by atoms with Crippen LogP contribution < -0.4 is 19.7 Å². The van der Waals surface area contributed by atoms with Gasteiger partial charge in [0.15, 0.2) is 11.5 Å². The number of amides is 1. The first-order chi connectivity index (χ1) is 16.7. The molecule has 0 unspecified atom stereocenters. The van der Waals surface area contributed by atoms with E-state index < -0.39 is 0 Å². The second-order valence-electron chi connectivity index (χ2n) is 8.17. The molecule has 6 nitrogen and oxygen atoms in total. The van der Waals surface area contributed by atoms with E-state index in [1.165, 1.54) is 0 Å². The summed E-state index contributed by atoms with van der Waals surface area (Å²) in [5, 5.41) is 5.25. The van der Waals surface area contributed by atoms with Gasteiger partial charge in [0.2, 0.25) is 5.91 Å². The molecule has 2 heterocycles. The van der Waals surface area contributed by atoms with Crippen molar-refractivity contribution in [2.75, 3.05) is 38.8 Å². The van der Waals surface area contributed by atoms with Crippen LogP contribution in [0.4, 0.5) is 5.00 Å². The summed E-state index contributed by atoms with van der Waals surface area (Å²) in [6.45, 7) is 1.75. The number of halogens is 1. The molecule has 0 saturated heterocycles. The second-order valence-corrected chi connectivity index (χ2v) is 9.18. The van der Waals surface area contributed by atoms with Gasteiger partial charge < -0.3 is 19.7 Å². The van der Waals surface area contributed by atoms with Crippen LogP contribution in [0.3, 0.4) is 0 Å². The number of methoxy groups -OCH3 is 2. The molecule has 4 rings (SSSR count). The van der Waals surface area contributed by atoms with Crippen molar-refractivity contribution in [2.24, 2.45) is 0 Å². The fraction of sp³-hybridized carbons (Fsp3) is 0.333. The minimum absolute atomic E-state index is 0. The molecule has 2 aromatic carbocycles. The van der Waals surface area contributed by atoms with Crippen LogP contribution in [-0.4, -0.2) is 44.7 Å². The molecule has 8 heteroatoms. The van der Waals surface area contributed by atoms with Gasteiger partial charge in [0.25, 0.3) is 0 Å². The first kappa shape index (κ1) is 26.7. The van der Waals surface area contributed by atoms with Gasteiger partial charge in [-0.15, -0.1) is 12.4 Å². The van der Waals surface area contributed by atoms with Crippen molar-refractivity contribution in [1.29, 1.82) is 0 Å². The molecule has 0 radical (unpaired) electrons. The molecule has 35 heavy (non-hydrogen) atoms. The highest BCUT2D eigenvalue weighted by Crippen LogP contribution is 2.33. The van der Waals surface area contributed by atoms with Crippen molar-refractivity contribution in [3.8, 4) is 11.5 Å². The highest BCUT2D eigenvalue weighted by atomic mass is 35.5. The Morgan fingerprint density at radius 3 is 2.66 bits per heavy atom. The van der Waals surface area contributed by atoms with Crippen LogP contribution in [0.2, 0.25) is 0 Å². The Bertz CT molecular complexity index is 1130. The van der Waals surface area contributed by atoms with Gasteiger partial charge in [0.05, 0.1) is 26.5 Å². The first-order valence-electron chi connectivity index (χ1n) is 11.6. The van der Waals surface area contributed by atoms with Gasteiger partial charge in [-0.1, -0.05) is 53.8 Å². The lowest BCUT2D eigenvalue weighted by Gasteiger charge is -2.20. The lowest BCUT2D eigenvalue weighted by atomic mass is 10.1. The summed E-state index contributed by atoms with van der Waals surface area (Å²) >= 11 is 1.60. The molecule has 1 amide bonds. The number of ether oxygens (including phenoxy) is 2. The van der Waals surface area contributed by atoms with E-state index in [9.17, 15) is 4.79 Å². The number of nitrogens with zero attached hydrogens (tertiary/aromatic N) is 2. The van der Waals surface area contributed by atoms with Crippen molar-refractivity contribution in [1.82, 2.24) is 10.3 Å². The summed E-state index contributed by atoms with van der Waals surface area (Å²) in [7, 11) is 3.26. The number of hydrogen-bond acceptors (Lipinski definition) is 6. The average Bonchev–Trinajstić information content (AvgIpc) is 3.17. The van der Waals surface area contributed by atoms with Gasteiger partial charge in [0.1, 0.15) is 10.0 Å². The molecule has 0 fully saturated rings. The zero-order valence-corrected chi connectivity index (χ0v) is 21.8. The molecule has 1 aromatic heterocycles. The van der Waals surface area contributed by atoms with E-state index in [1.54, 1.807) is 25.6 Å². The number of aryl methyl sites for hydroxylation is 1. The predicted octanol–water partition coefficient (Wildman–Crippen LogP) is 5.25. The monoisotopic (exact) mass is 513 g/mol. The minimum Gasteiger partial charge on any atom is -0.493 e. The predicted molar refractivity (Wildman–Crippen MR) is 146 cm³/mol. The van der Waals surface area contributed by atoms with Crippen LogP contribution in [0.15, 0.2) is 48.5 Å². The summed E-state index contributed by atoms with van der Waals surface area (Å²) in [5.74, 6) is 1.53. The first-order valence-corrected chi connectivity index (χ1v) is 12.4. The third-order valence-electron chi connectivity index (χ3n) is 5.82. The van der Waals surface area contributed by atoms with Gasteiger partial charge in [-0.3, -0.25) is 4.79 Å². The molecule has 186 valence electrons. The molecule has 1 aliphatic rings. The summed E-state index contributed by atoms with van der Waals surface area (Å²) in [6.07, 6.45) is 7.87. The van der Waals surface area contributed by atoms with E-state index in [2.05, 4.69) is 23.5 Å². The fourth-order valence-electron chi connectivity index (χ4n) is 4.00. The molecular weight excluding hydrogens is 482 g/mol. The summed E-state index contributed by atoms with van der Waals surface area (Å²) < 4.78 is 10.7. The summed E-state index contributed by atoms with van der Waals surface area (Å²) in [4.78, 5) is 19.8. The number of nitrogens with one attached hydrogen (secondary N) is 1. The maximum atomic E-state index is 13.1. The smallest absolute Gasteiger partial charge is 0.241 e. The number of fused-ring (bicyclic) bond motifs is 1. The van der Waals surface area contributed by atoms with Crippen LogP contribution in [0, 0.1) is 0 Å². The average molecular weight is 514 g/mol. The van der Waals surface area contributed by atoms with Gasteiger partial charge in [0, 0.05) is 6.54 Å². The van der Waals surface area contributed by atoms with Crippen LogP contribution in [-0.2, 0) is 17.6 Å². The molecule has 0 bridgehead atoms. The second kappa shape index (κ2) is 13.3. The SMILES string of the molecule is COc1ccc(CCNCC(=O)N2CCCCc3nc(C=Cc4ccccc4)sc32)cc1OC.Cl. The van der Waals surface area contributed by atoms with E-state index in [4.69, 9.17) is 14.5 Å². The molecular formula is C27H32ClN3O3S. The number of rotatable bonds is 9. The van der Waals surface area contributed by atoms with E-state index in [0.29, 0.717) is 18.8 Å². The Kier molecular flexibility index (Phi) is 10.1. The van der Waals surface area contributed by atoms with E-state index >= 15 is 0 Å². The summed E-state index contributed by atoms with van der Waals surface area (Å²) in [6, 6.07) is 16.1. The Morgan fingerprint density at radius 2 is 1.89 bits per heavy atom. The lowest BCUT2D eigenvalue weighted by Crippen LogP contribution is -2.39. The Labute approximate surface area is 217 Å². The molecule has 0 saturated carbocycles. The Hall–Kier alpha value is -2.87. The Balaban J connectivity index is 0.00000342. The van der Waals surface area contributed by atoms with Crippen molar-refractivity contribution in [2.45, 2.75) is 25.7 Å². The van der Waals surface area contributed by atoms with Gasteiger partial charge in [-0.25, -0.2) is 4.98 Å². The molecule has 0 atom stereocenters. The maximum Gasteiger partial charge on any atom is 0.241 e. The number of thiazole rings is 1. The van der Waals surface area contributed by atoms with Crippen molar-refractivity contribution >= 4 is 46.8 Å². The summed E-state index contributed by atoms with van der Waals surface area (Å²) in [5.41, 5.74) is 3.31. The molecule has 0 spiro atoms.